The van der Waals surface area contributed by atoms with Gasteiger partial charge < -0.3 is 10.6 Å². The molecule has 0 aromatic carbocycles. The van der Waals surface area contributed by atoms with Crippen molar-refractivity contribution in [2.24, 2.45) is 5.73 Å². The van der Waals surface area contributed by atoms with Crippen molar-refractivity contribution in [3.63, 3.8) is 0 Å². The van der Waals surface area contributed by atoms with Gasteiger partial charge in [-0.25, -0.2) is 4.98 Å². The Kier molecular flexibility index (Phi) is 4.15. The zero-order chi connectivity index (χ0) is 11.4. The molecule has 0 amide bonds. The van der Waals surface area contributed by atoms with Gasteiger partial charge >= 0.3 is 0 Å². The first-order valence-corrected chi connectivity index (χ1v) is 6.81. The second kappa shape index (κ2) is 5.61. The Morgan fingerprint density at radius 2 is 2.19 bits per heavy atom. The maximum Gasteiger partial charge on any atom is 0.185 e. The number of nitrogens with zero attached hydrogens (tertiary/aromatic N) is 3. The smallest absolute Gasteiger partial charge is 0.185 e. The molecule has 1 aliphatic rings. The lowest BCUT2D eigenvalue weighted by molar-refractivity contribution is 0.184. The third-order valence-corrected chi connectivity index (χ3v) is 4.10. The lowest BCUT2D eigenvalue weighted by Crippen LogP contribution is -2.52. The largest absolute Gasteiger partial charge is 0.346 e. The van der Waals surface area contributed by atoms with Crippen molar-refractivity contribution in [3.05, 3.63) is 11.6 Å². The summed E-state index contributed by atoms with van der Waals surface area (Å²) >= 11 is 1.72. The van der Waals surface area contributed by atoms with Gasteiger partial charge in [-0.2, -0.15) is 0 Å². The van der Waals surface area contributed by atoms with E-state index in [4.69, 9.17) is 5.73 Å². The molecule has 1 fully saturated rings. The fourth-order valence-electron chi connectivity index (χ4n) is 2.22. The van der Waals surface area contributed by atoms with E-state index in [1.54, 1.807) is 11.3 Å². The molecule has 0 aliphatic carbocycles. The maximum atomic E-state index is 5.78. The lowest BCUT2D eigenvalue weighted by Gasteiger charge is -2.38. The van der Waals surface area contributed by atoms with Crippen LogP contribution in [0.3, 0.4) is 0 Å². The van der Waals surface area contributed by atoms with Crippen LogP contribution in [0.4, 0.5) is 5.13 Å². The standard InChI is InChI=1S/C11H20N4S/c1-2-10(9-12)14-4-6-15(7-5-14)11-13-3-8-16-11/h3,8,10H,2,4-7,9,12H2,1H3. The first kappa shape index (κ1) is 11.8. The van der Waals surface area contributed by atoms with Gasteiger partial charge in [-0.05, 0) is 6.42 Å². The minimum absolute atomic E-state index is 0.554. The Labute approximate surface area is 101 Å². The fraction of sp³-hybridized carbons (Fsp3) is 0.727. The fourth-order valence-corrected chi connectivity index (χ4v) is 2.92. The summed E-state index contributed by atoms with van der Waals surface area (Å²) in [7, 11) is 0. The molecule has 1 saturated heterocycles. The van der Waals surface area contributed by atoms with E-state index in [1.807, 2.05) is 11.6 Å². The van der Waals surface area contributed by atoms with Gasteiger partial charge in [0.1, 0.15) is 0 Å². The summed E-state index contributed by atoms with van der Waals surface area (Å²) in [5.74, 6) is 0. The highest BCUT2D eigenvalue weighted by Gasteiger charge is 2.22. The average Bonchev–Trinajstić information content (AvgIpc) is 2.85. The molecule has 1 unspecified atom stereocenters. The number of nitrogens with two attached hydrogens (primary N) is 1. The van der Waals surface area contributed by atoms with E-state index in [0.29, 0.717) is 6.04 Å². The van der Waals surface area contributed by atoms with Crippen molar-refractivity contribution in [1.29, 1.82) is 0 Å². The summed E-state index contributed by atoms with van der Waals surface area (Å²) in [5, 5.41) is 3.19. The van der Waals surface area contributed by atoms with Crippen LogP contribution in [0.25, 0.3) is 0 Å². The zero-order valence-corrected chi connectivity index (χ0v) is 10.6. The van der Waals surface area contributed by atoms with Crippen LogP contribution < -0.4 is 10.6 Å². The molecule has 0 radical (unpaired) electrons. The number of thiazole rings is 1. The van der Waals surface area contributed by atoms with Gasteiger partial charge in [-0.3, -0.25) is 4.90 Å². The van der Waals surface area contributed by atoms with E-state index in [2.05, 4.69) is 21.7 Å². The summed E-state index contributed by atoms with van der Waals surface area (Å²) in [6.07, 6.45) is 3.02. The molecule has 5 heteroatoms. The molecule has 2 rings (SSSR count). The Bertz CT molecular complexity index is 289. The van der Waals surface area contributed by atoms with E-state index in [1.165, 1.54) is 0 Å². The van der Waals surface area contributed by atoms with Gasteiger partial charge in [-0.15, -0.1) is 11.3 Å². The van der Waals surface area contributed by atoms with Crippen molar-refractivity contribution >= 4 is 16.5 Å². The summed E-state index contributed by atoms with van der Waals surface area (Å²) < 4.78 is 0. The van der Waals surface area contributed by atoms with Crippen LogP contribution in [0.1, 0.15) is 13.3 Å². The van der Waals surface area contributed by atoms with Gasteiger partial charge in [0.05, 0.1) is 0 Å². The molecular formula is C11H20N4S. The second-order valence-corrected chi connectivity index (χ2v) is 5.01. The van der Waals surface area contributed by atoms with E-state index in [0.717, 1.165) is 44.3 Å². The molecule has 1 aromatic heterocycles. The molecule has 90 valence electrons. The summed E-state index contributed by atoms with van der Waals surface area (Å²) in [6, 6.07) is 0.554. The van der Waals surface area contributed by atoms with Crippen LogP contribution in [0.5, 0.6) is 0 Å². The number of piperazine rings is 1. The van der Waals surface area contributed by atoms with Crippen LogP contribution in [-0.4, -0.2) is 48.6 Å². The Morgan fingerprint density at radius 3 is 2.69 bits per heavy atom. The van der Waals surface area contributed by atoms with E-state index < -0.39 is 0 Å². The van der Waals surface area contributed by atoms with E-state index in [-0.39, 0.29) is 0 Å². The minimum Gasteiger partial charge on any atom is -0.346 e. The van der Waals surface area contributed by atoms with Crippen molar-refractivity contribution in [2.75, 3.05) is 37.6 Å². The zero-order valence-electron chi connectivity index (χ0n) is 9.80. The number of hydrogen-bond donors (Lipinski definition) is 1. The summed E-state index contributed by atoms with van der Waals surface area (Å²) in [4.78, 5) is 9.22. The quantitative estimate of drug-likeness (QED) is 0.853. The van der Waals surface area contributed by atoms with Gasteiger partial charge in [0.2, 0.25) is 0 Å². The minimum atomic E-state index is 0.554. The topological polar surface area (TPSA) is 45.4 Å². The third-order valence-electron chi connectivity index (χ3n) is 3.26. The Hall–Kier alpha value is -0.650. The number of aromatic nitrogens is 1. The third kappa shape index (κ3) is 2.53. The van der Waals surface area contributed by atoms with Gasteiger partial charge in [-0.1, -0.05) is 6.92 Å². The highest BCUT2D eigenvalue weighted by Crippen LogP contribution is 2.19. The van der Waals surface area contributed by atoms with Crippen LogP contribution in [0.2, 0.25) is 0 Å². The van der Waals surface area contributed by atoms with Crippen LogP contribution in [0, 0.1) is 0 Å². The molecule has 1 aromatic rings. The van der Waals surface area contributed by atoms with Crippen LogP contribution >= 0.6 is 11.3 Å². The molecule has 1 atom stereocenters. The predicted octanol–water partition coefficient (Wildman–Crippen LogP) is 1.00. The number of rotatable bonds is 4. The van der Waals surface area contributed by atoms with Crippen molar-refractivity contribution < 1.29 is 0 Å². The first-order chi connectivity index (χ1) is 7.85. The molecule has 0 saturated carbocycles. The number of anilines is 1. The Morgan fingerprint density at radius 1 is 1.44 bits per heavy atom. The van der Waals surface area contributed by atoms with Crippen LogP contribution in [-0.2, 0) is 0 Å². The molecular weight excluding hydrogens is 220 g/mol. The summed E-state index contributed by atoms with van der Waals surface area (Å²) in [6.45, 7) is 7.34. The maximum absolute atomic E-state index is 5.78. The van der Waals surface area contributed by atoms with Crippen LogP contribution in [0.15, 0.2) is 11.6 Å². The van der Waals surface area contributed by atoms with Gasteiger partial charge in [0.15, 0.2) is 5.13 Å². The molecule has 4 nitrogen and oxygen atoms in total. The molecule has 2 N–H and O–H groups in total. The SMILES string of the molecule is CCC(CN)N1CCN(c2nccs2)CC1. The predicted molar refractivity (Wildman–Crippen MR) is 69.0 cm³/mol. The van der Waals surface area contributed by atoms with E-state index in [9.17, 15) is 0 Å². The second-order valence-electron chi connectivity index (χ2n) is 4.14. The molecule has 16 heavy (non-hydrogen) atoms. The van der Waals surface area contributed by atoms with Gasteiger partial charge in [0.25, 0.3) is 0 Å². The summed E-state index contributed by atoms with van der Waals surface area (Å²) in [5.41, 5.74) is 5.78. The normalized spacial score (nSPS) is 20.0. The van der Waals surface area contributed by atoms with Crippen molar-refractivity contribution in [1.82, 2.24) is 9.88 Å². The lowest BCUT2D eigenvalue weighted by atomic mass is 10.1. The molecule has 0 bridgehead atoms. The van der Waals surface area contributed by atoms with Crippen molar-refractivity contribution in [2.45, 2.75) is 19.4 Å². The molecule has 1 aliphatic heterocycles. The van der Waals surface area contributed by atoms with Crippen molar-refractivity contribution in [3.8, 4) is 0 Å². The monoisotopic (exact) mass is 240 g/mol. The molecule has 2 heterocycles. The highest BCUT2D eigenvalue weighted by molar-refractivity contribution is 7.13. The first-order valence-electron chi connectivity index (χ1n) is 5.93. The number of hydrogen-bond acceptors (Lipinski definition) is 5. The van der Waals surface area contributed by atoms with Gasteiger partial charge in [0, 0.05) is 50.3 Å². The molecule has 0 spiro atoms. The average molecular weight is 240 g/mol. The van der Waals surface area contributed by atoms with E-state index >= 15 is 0 Å². The highest BCUT2D eigenvalue weighted by atomic mass is 32.1. The Balaban J connectivity index is 1.87.